The van der Waals surface area contributed by atoms with Gasteiger partial charge in [0.15, 0.2) is 0 Å². The zero-order valence-electron chi connectivity index (χ0n) is 9.72. The van der Waals surface area contributed by atoms with E-state index in [9.17, 15) is 4.79 Å². The lowest BCUT2D eigenvalue weighted by Gasteiger charge is -2.14. The van der Waals surface area contributed by atoms with E-state index in [2.05, 4.69) is 20.9 Å². The van der Waals surface area contributed by atoms with Crippen LogP contribution in [0.3, 0.4) is 0 Å². The van der Waals surface area contributed by atoms with E-state index in [0.717, 1.165) is 14.4 Å². The molecule has 0 bridgehead atoms. The van der Waals surface area contributed by atoms with Crippen molar-refractivity contribution in [1.29, 1.82) is 0 Å². The Labute approximate surface area is 122 Å². The van der Waals surface area contributed by atoms with Crippen molar-refractivity contribution in [3.63, 3.8) is 0 Å². The fourth-order valence-corrected chi connectivity index (χ4v) is 3.59. The number of nitrogens with two attached hydrogens (primary N) is 1. The number of halogens is 1. The van der Waals surface area contributed by atoms with Crippen molar-refractivity contribution in [3.05, 3.63) is 36.9 Å². The van der Waals surface area contributed by atoms with E-state index in [1.807, 2.05) is 11.4 Å². The zero-order chi connectivity index (χ0) is 13.1. The maximum atomic E-state index is 12.1. The second-order valence-corrected chi connectivity index (χ2v) is 6.58. The highest BCUT2D eigenvalue weighted by atomic mass is 79.9. The van der Waals surface area contributed by atoms with Crippen molar-refractivity contribution >= 4 is 44.5 Å². The van der Waals surface area contributed by atoms with Crippen LogP contribution in [-0.4, -0.2) is 22.8 Å². The summed E-state index contributed by atoms with van der Waals surface area (Å²) >= 11 is 6.44. The number of aromatic nitrogens is 1. The molecule has 0 saturated carbocycles. The lowest BCUT2D eigenvalue weighted by Crippen LogP contribution is -2.26. The zero-order valence-corrected chi connectivity index (χ0v) is 12.9. The minimum absolute atomic E-state index is 0.0736. The minimum atomic E-state index is -0.0736. The fraction of sp³-hybridized carbons (Fsp3) is 0.273. The van der Waals surface area contributed by atoms with Crippen LogP contribution in [0.2, 0.25) is 0 Å². The molecule has 2 rings (SSSR count). The summed E-state index contributed by atoms with van der Waals surface area (Å²) in [5, 5.41) is 4.54. The monoisotopic (exact) mass is 345 g/mol. The van der Waals surface area contributed by atoms with Crippen molar-refractivity contribution in [2.45, 2.75) is 13.1 Å². The van der Waals surface area contributed by atoms with Gasteiger partial charge in [-0.15, -0.1) is 22.7 Å². The van der Waals surface area contributed by atoms with E-state index in [1.165, 1.54) is 11.3 Å². The molecule has 0 unspecified atom stereocenters. The molecule has 18 heavy (non-hydrogen) atoms. The molecule has 1 amide bonds. The smallest absolute Gasteiger partial charge is 0.273 e. The lowest BCUT2D eigenvalue weighted by molar-refractivity contribution is 0.0781. The van der Waals surface area contributed by atoms with E-state index in [1.54, 1.807) is 28.7 Å². The average Bonchev–Trinajstić information content (AvgIpc) is 2.97. The number of thiophene rings is 1. The molecule has 0 atom stereocenters. The summed E-state index contributed by atoms with van der Waals surface area (Å²) in [7, 11) is 1.78. The van der Waals surface area contributed by atoms with Crippen molar-refractivity contribution in [3.8, 4) is 0 Å². The second-order valence-electron chi connectivity index (χ2n) is 3.72. The van der Waals surface area contributed by atoms with Gasteiger partial charge in [-0.05, 0) is 22.0 Å². The third-order valence-electron chi connectivity index (χ3n) is 2.31. The van der Waals surface area contributed by atoms with Gasteiger partial charge in [0.1, 0.15) is 10.7 Å². The Hall–Kier alpha value is -0.760. The van der Waals surface area contributed by atoms with Crippen molar-refractivity contribution in [2.24, 2.45) is 5.73 Å². The fourth-order valence-electron chi connectivity index (χ4n) is 1.44. The predicted molar refractivity (Wildman–Crippen MR) is 77.8 cm³/mol. The van der Waals surface area contributed by atoms with E-state index < -0.39 is 0 Å². The molecule has 2 heterocycles. The maximum Gasteiger partial charge on any atom is 0.273 e. The Morgan fingerprint density at radius 1 is 1.50 bits per heavy atom. The highest BCUT2D eigenvalue weighted by Crippen LogP contribution is 2.21. The first-order valence-corrected chi connectivity index (χ1v) is 7.78. The van der Waals surface area contributed by atoms with Crippen LogP contribution in [0.25, 0.3) is 0 Å². The molecule has 2 aromatic heterocycles. The van der Waals surface area contributed by atoms with E-state index in [-0.39, 0.29) is 5.91 Å². The summed E-state index contributed by atoms with van der Waals surface area (Å²) in [6, 6.07) is 2.01. The number of thiazole rings is 1. The van der Waals surface area contributed by atoms with Gasteiger partial charge in [-0.3, -0.25) is 4.79 Å². The molecule has 4 nitrogen and oxygen atoms in total. The molecule has 96 valence electrons. The molecule has 0 aliphatic rings. The van der Waals surface area contributed by atoms with Gasteiger partial charge in [0.05, 0.1) is 6.54 Å². The Bertz CT molecular complexity index is 552. The Kier molecular flexibility index (Phi) is 4.50. The normalized spacial score (nSPS) is 10.6. The molecule has 2 N–H and O–H groups in total. The molecule has 0 saturated heterocycles. The number of carbonyl (C=O) groups is 1. The molecular formula is C11H12BrN3OS2. The average molecular weight is 346 g/mol. The van der Waals surface area contributed by atoms with Gasteiger partial charge in [-0.2, -0.15) is 0 Å². The van der Waals surface area contributed by atoms with Crippen LogP contribution in [0.5, 0.6) is 0 Å². The number of carbonyl (C=O) groups excluding carboxylic acids is 1. The van der Waals surface area contributed by atoms with Gasteiger partial charge in [0, 0.05) is 33.7 Å². The first-order chi connectivity index (χ1) is 8.60. The van der Waals surface area contributed by atoms with Crippen LogP contribution in [0.1, 0.15) is 20.4 Å². The molecule has 0 radical (unpaired) electrons. The second kappa shape index (κ2) is 5.92. The van der Waals surface area contributed by atoms with E-state index >= 15 is 0 Å². The van der Waals surface area contributed by atoms with Crippen LogP contribution in [-0.2, 0) is 13.1 Å². The van der Waals surface area contributed by atoms with Crippen LogP contribution < -0.4 is 5.73 Å². The summed E-state index contributed by atoms with van der Waals surface area (Å²) < 4.78 is 1.04. The Morgan fingerprint density at radius 3 is 2.83 bits per heavy atom. The first kappa shape index (κ1) is 13.7. The summed E-state index contributed by atoms with van der Waals surface area (Å²) in [6.07, 6.45) is 0. The predicted octanol–water partition coefficient (Wildman–Crippen LogP) is 2.70. The molecule has 7 heteroatoms. The van der Waals surface area contributed by atoms with Gasteiger partial charge >= 0.3 is 0 Å². The number of hydrogen-bond acceptors (Lipinski definition) is 5. The minimum Gasteiger partial charge on any atom is -0.335 e. The number of rotatable bonds is 4. The van der Waals surface area contributed by atoms with Crippen LogP contribution in [0, 0.1) is 0 Å². The first-order valence-electron chi connectivity index (χ1n) is 5.23. The van der Waals surface area contributed by atoms with Gasteiger partial charge in [0.25, 0.3) is 5.91 Å². The summed E-state index contributed by atoms with van der Waals surface area (Å²) in [4.78, 5) is 19.1. The molecule has 2 aromatic rings. The molecule has 0 aliphatic heterocycles. The number of nitrogens with zero attached hydrogens (tertiary/aromatic N) is 2. The highest BCUT2D eigenvalue weighted by Gasteiger charge is 2.15. The third kappa shape index (κ3) is 3.17. The van der Waals surface area contributed by atoms with Crippen LogP contribution >= 0.6 is 38.6 Å². The molecule has 0 fully saturated rings. The lowest BCUT2D eigenvalue weighted by atomic mass is 10.4. The summed E-state index contributed by atoms with van der Waals surface area (Å²) in [6.45, 7) is 0.962. The molecular weight excluding hydrogens is 334 g/mol. The quantitative estimate of drug-likeness (QED) is 0.926. The molecule has 0 aliphatic carbocycles. The largest absolute Gasteiger partial charge is 0.335 e. The Balaban J connectivity index is 2.04. The van der Waals surface area contributed by atoms with Crippen molar-refractivity contribution in [1.82, 2.24) is 9.88 Å². The third-order valence-corrected chi connectivity index (χ3v) is 4.86. The SMILES string of the molecule is CN(Cc1cc(Br)cs1)C(=O)c1csc(CN)n1. The topological polar surface area (TPSA) is 59.2 Å². The number of hydrogen-bond donors (Lipinski definition) is 1. The van der Waals surface area contributed by atoms with Crippen LogP contribution in [0.4, 0.5) is 0 Å². The summed E-state index contributed by atoms with van der Waals surface area (Å²) in [5.41, 5.74) is 5.96. The van der Waals surface area contributed by atoms with Gasteiger partial charge in [-0.25, -0.2) is 4.98 Å². The highest BCUT2D eigenvalue weighted by molar-refractivity contribution is 9.10. The van der Waals surface area contributed by atoms with Crippen molar-refractivity contribution in [2.75, 3.05) is 7.05 Å². The maximum absolute atomic E-state index is 12.1. The molecule has 0 aromatic carbocycles. The number of amides is 1. The summed E-state index contributed by atoms with van der Waals surface area (Å²) in [5.74, 6) is -0.0736. The van der Waals surface area contributed by atoms with E-state index in [0.29, 0.717) is 18.8 Å². The van der Waals surface area contributed by atoms with Gasteiger partial charge < -0.3 is 10.6 Å². The molecule has 0 spiro atoms. The van der Waals surface area contributed by atoms with Gasteiger partial charge in [0.2, 0.25) is 0 Å². The standard InChI is InChI=1S/C11H12BrN3OS2/c1-15(4-8-2-7(12)5-17-8)11(16)9-6-18-10(3-13)14-9/h2,5-6H,3-4,13H2,1H3. The van der Waals surface area contributed by atoms with Crippen molar-refractivity contribution < 1.29 is 4.79 Å². The van der Waals surface area contributed by atoms with Crippen LogP contribution in [0.15, 0.2) is 21.3 Å². The van der Waals surface area contributed by atoms with E-state index in [4.69, 9.17) is 5.73 Å². The van der Waals surface area contributed by atoms with Gasteiger partial charge in [-0.1, -0.05) is 0 Å². The Morgan fingerprint density at radius 2 is 2.28 bits per heavy atom.